The highest BCUT2D eigenvalue weighted by Gasteiger charge is 2.12. The number of rotatable bonds is 7. The van der Waals surface area contributed by atoms with E-state index in [1.165, 1.54) is 15.9 Å². The van der Waals surface area contributed by atoms with Crippen LogP contribution in [0.5, 0.6) is 11.5 Å². The van der Waals surface area contributed by atoms with E-state index in [1.807, 2.05) is 61.5 Å². The van der Waals surface area contributed by atoms with Gasteiger partial charge < -0.3 is 9.47 Å². The number of ether oxygens (including phenoxy) is 2. The topological polar surface area (TPSA) is 65.7 Å². The zero-order chi connectivity index (χ0) is 20.2. The van der Waals surface area contributed by atoms with Gasteiger partial charge in [0.15, 0.2) is 17.3 Å². The fourth-order valence-corrected chi connectivity index (χ4v) is 3.82. The van der Waals surface area contributed by atoms with Crippen LogP contribution in [0.25, 0.3) is 22.4 Å². The Kier molecular flexibility index (Phi) is 5.57. The third-order valence-electron chi connectivity index (χ3n) is 4.24. The monoisotopic (exact) mass is 407 g/mol. The SMILES string of the molecule is CCCOc1ccc(C=c2sc3nc(-c4ccccc4)nn3c2=O)cc1OCC. The van der Waals surface area contributed by atoms with Gasteiger partial charge in [0.1, 0.15) is 0 Å². The molecule has 0 aliphatic heterocycles. The Labute approximate surface area is 172 Å². The highest BCUT2D eigenvalue weighted by atomic mass is 32.1. The Morgan fingerprint density at radius 2 is 1.90 bits per heavy atom. The van der Waals surface area contributed by atoms with Crippen LogP contribution >= 0.6 is 11.3 Å². The summed E-state index contributed by atoms with van der Waals surface area (Å²) in [5.74, 6) is 1.94. The molecule has 148 valence electrons. The van der Waals surface area contributed by atoms with Crippen molar-refractivity contribution in [1.82, 2.24) is 14.6 Å². The number of hydrogen-bond acceptors (Lipinski definition) is 6. The van der Waals surface area contributed by atoms with Crippen molar-refractivity contribution in [1.29, 1.82) is 0 Å². The molecule has 2 aromatic carbocycles. The van der Waals surface area contributed by atoms with Crippen LogP contribution < -0.4 is 19.6 Å². The van der Waals surface area contributed by atoms with Gasteiger partial charge in [-0.2, -0.15) is 9.50 Å². The normalized spacial score (nSPS) is 11.9. The van der Waals surface area contributed by atoms with E-state index < -0.39 is 0 Å². The van der Waals surface area contributed by atoms with E-state index in [4.69, 9.17) is 9.47 Å². The average molecular weight is 407 g/mol. The van der Waals surface area contributed by atoms with E-state index in [9.17, 15) is 4.79 Å². The quantitative estimate of drug-likeness (QED) is 0.469. The molecule has 6 nitrogen and oxygen atoms in total. The predicted molar refractivity (Wildman–Crippen MR) is 115 cm³/mol. The van der Waals surface area contributed by atoms with Crippen LogP contribution in [0.3, 0.4) is 0 Å². The van der Waals surface area contributed by atoms with Crippen molar-refractivity contribution in [3.8, 4) is 22.9 Å². The van der Waals surface area contributed by atoms with E-state index in [2.05, 4.69) is 17.0 Å². The molecular formula is C22H21N3O3S. The van der Waals surface area contributed by atoms with E-state index in [0.29, 0.717) is 40.0 Å². The van der Waals surface area contributed by atoms with Crippen LogP contribution in [0.4, 0.5) is 0 Å². The second-order valence-corrected chi connectivity index (χ2v) is 7.41. The second-order valence-electron chi connectivity index (χ2n) is 6.40. The molecule has 0 radical (unpaired) electrons. The molecule has 0 aliphatic rings. The van der Waals surface area contributed by atoms with Crippen LogP contribution in [-0.2, 0) is 0 Å². The Balaban J connectivity index is 1.71. The molecule has 0 atom stereocenters. The lowest BCUT2D eigenvalue weighted by Gasteiger charge is -2.11. The number of nitrogens with zero attached hydrogens (tertiary/aromatic N) is 3. The molecule has 0 N–H and O–H groups in total. The molecule has 4 rings (SSSR count). The summed E-state index contributed by atoms with van der Waals surface area (Å²) in [6.45, 7) is 5.16. The van der Waals surface area contributed by atoms with Crippen molar-refractivity contribution in [2.24, 2.45) is 0 Å². The molecule has 0 unspecified atom stereocenters. The minimum atomic E-state index is -0.177. The predicted octanol–water partition coefficient (Wildman–Crippen LogP) is 3.55. The minimum Gasteiger partial charge on any atom is -0.490 e. The highest BCUT2D eigenvalue weighted by Crippen LogP contribution is 2.29. The molecule has 2 aromatic heterocycles. The van der Waals surface area contributed by atoms with Crippen molar-refractivity contribution >= 4 is 22.4 Å². The molecule has 2 heterocycles. The third kappa shape index (κ3) is 4.00. The van der Waals surface area contributed by atoms with Crippen molar-refractivity contribution in [2.75, 3.05) is 13.2 Å². The fourth-order valence-electron chi connectivity index (χ4n) is 2.91. The molecule has 7 heteroatoms. The van der Waals surface area contributed by atoms with Crippen LogP contribution in [0.2, 0.25) is 0 Å². The molecular weight excluding hydrogens is 386 g/mol. The Bertz CT molecular complexity index is 1230. The largest absolute Gasteiger partial charge is 0.490 e. The van der Waals surface area contributed by atoms with Crippen molar-refractivity contribution < 1.29 is 9.47 Å². The van der Waals surface area contributed by atoms with Crippen molar-refractivity contribution in [2.45, 2.75) is 20.3 Å². The molecule has 0 amide bonds. The summed E-state index contributed by atoms with van der Waals surface area (Å²) in [6.07, 6.45) is 2.75. The van der Waals surface area contributed by atoms with E-state index >= 15 is 0 Å². The molecule has 0 bridgehead atoms. The maximum atomic E-state index is 12.8. The maximum absolute atomic E-state index is 12.8. The van der Waals surface area contributed by atoms with Gasteiger partial charge in [-0.3, -0.25) is 4.79 Å². The highest BCUT2D eigenvalue weighted by molar-refractivity contribution is 7.15. The van der Waals surface area contributed by atoms with Crippen LogP contribution in [-0.4, -0.2) is 27.8 Å². The molecule has 29 heavy (non-hydrogen) atoms. The molecule has 0 saturated carbocycles. The zero-order valence-corrected chi connectivity index (χ0v) is 17.1. The first-order chi connectivity index (χ1) is 14.2. The van der Waals surface area contributed by atoms with Gasteiger partial charge in [0.25, 0.3) is 5.56 Å². The molecule has 0 fully saturated rings. The Morgan fingerprint density at radius 3 is 2.62 bits per heavy atom. The van der Waals surface area contributed by atoms with Gasteiger partial charge in [-0.1, -0.05) is 54.7 Å². The number of fused-ring (bicyclic) bond motifs is 1. The number of hydrogen-bond donors (Lipinski definition) is 0. The lowest BCUT2D eigenvalue weighted by Crippen LogP contribution is -2.23. The van der Waals surface area contributed by atoms with Gasteiger partial charge in [0.05, 0.1) is 17.7 Å². The first-order valence-electron chi connectivity index (χ1n) is 9.56. The van der Waals surface area contributed by atoms with Gasteiger partial charge in [0.2, 0.25) is 4.96 Å². The van der Waals surface area contributed by atoms with E-state index in [0.717, 1.165) is 17.5 Å². The smallest absolute Gasteiger partial charge is 0.291 e. The Morgan fingerprint density at radius 1 is 1.07 bits per heavy atom. The lowest BCUT2D eigenvalue weighted by atomic mass is 10.2. The first kappa shape index (κ1) is 19.1. The van der Waals surface area contributed by atoms with Crippen LogP contribution in [0.1, 0.15) is 25.8 Å². The second kappa shape index (κ2) is 8.45. The summed E-state index contributed by atoms with van der Waals surface area (Å²) in [6, 6.07) is 15.3. The summed E-state index contributed by atoms with van der Waals surface area (Å²) in [4.78, 5) is 17.9. The number of benzene rings is 2. The van der Waals surface area contributed by atoms with E-state index in [1.54, 1.807) is 0 Å². The molecule has 0 spiro atoms. The Hall–Kier alpha value is -3.19. The van der Waals surface area contributed by atoms with Crippen LogP contribution in [0.15, 0.2) is 53.3 Å². The van der Waals surface area contributed by atoms with Gasteiger partial charge in [0, 0.05) is 5.56 Å². The lowest BCUT2D eigenvalue weighted by molar-refractivity contribution is 0.277. The summed E-state index contributed by atoms with van der Waals surface area (Å²) >= 11 is 1.32. The molecule has 0 saturated heterocycles. The minimum absolute atomic E-state index is 0.177. The first-order valence-corrected chi connectivity index (χ1v) is 10.4. The summed E-state index contributed by atoms with van der Waals surface area (Å²) < 4.78 is 13.4. The average Bonchev–Trinajstić information content (AvgIpc) is 3.28. The number of aromatic nitrogens is 3. The van der Waals surface area contributed by atoms with Crippen molar-refractivity contribution in [3.63, 3.8) is 0 Å². The maximum Gasteiger partial charge on any atom is 0.291 e. The number of thiazole rings is 1. The van der Waals surface area contributed by atoms with E-state index in [-0.39, 0.29) is 5.56 Å². The molecule has 0 aliphatic carbocycles. The van der Waals surface area contributed by atoms with Gasteiger partial charge in [-0.15, -0.1) is 5.10 Å². The summed E-state index contributed by atoms with van der Waals surface area (Å²) in [7, 11) is 0. The summed E-state index contributed by atoms with van der Waals surface area (Å²) in [5, 5.41) is 4.38. The van der Waals surface area contributed by atoms with Crippen LogP contribution in [0, 0.1) is 0 Å². The standard InChI is InChI=1S/C22H21N3O3S/c1-3-12-28-17-11-10-15(13-18(17)27-4-2)14-19-21(26)25-22(29-19)23-20(24-25)16-8-6-5-7-9-16/h5-11,13-14H,3-4,12H2,1-2H3. The van der Waals surface area contributed by atoms with Crippen molar-refractivity contribution in [3.05, 3.63) is 69.0 Å². The molecule has 4 aromatic rings. The van der Waals surface area contributed by atoms with Gasteiger partial charge in [-0.05, 0) is 37.1 Å². The van der Waals surface area contributed by atoms with Gasteiger partial charge >= 0.3 is 0 Å². The fraction of sp³-hybridized carbons (Fsp3) is 0.227. The van der Waals surface area contributed by atoms with Gasteiger partial charge in [-0.25, -0.2) is 0 Å². The summed E-state index contributed by atoms with van der Waals surface area (Å²) in [5.41, 5.74) is 1.57. The third-order valence-corrected chi connectivity index (χ3v) is 5.20. The zero-order valence-electron chi connectivity index (χ0n) is 16.3.